The normalized spacial score (nSPS) is 11.7. The molecular formula is C13H16N2OS. The molecule has 3 nitrogen and oxygen atoms in total. The van der Waals surface area contributed by atoms with Crippen LogP contribution in [0.2, 0.25) is 0 Å². The van der Waals surface area contributed by atoms with Gasteiger partial charge in [-0.1, -0.05) is 18.2 Å². The molecule has 0 bridgehead atoms. The quantitative estimate of drug-likeness (QED) is 0.848. The van der Waals surface area contributed by atoms with Crippen LogP contribution < -0.4 is 5.73 Å². The van der Waals surface area contributed by atoms with Gasteiger partial charge in [-0.15, -0.1) is 11.3 Å². The summed E-state index contributed by atoms with van der Waals surface area (Å²) in [5.41, 5.74) is 8.22. The summed E-state index contributed by atoms with van der Waals surface area (Å²) in [6, 6.07) is 7.75. The number of benzene rings is 1. The molecule has 0 saturated heterocycles. The van der Waals surface area contributed by atoms with Crippen molar-refractivity contribution in [3.8, 4) is 11.3 Å². The molecule has 0 unspecified atom stereocenters. The van der Waals surface area contributed by atoms with Crippen molar-refractivity contribution < 1.29 is 4.74 Å². The number of nitrogens with zero attached hydrogens (tertiary/aromatic N) is 1. The lowest BCUT2D eigenvalue weighted by molar-refractivity contribution is 0.0191. The number of nitrogen functional groups attached to an aromatic ring is 1. The predicted octanol–water partition coefficient (Wildman–Crippen LogP) is 3.27. The molecule has 0 aliphatic heterocycles. The standard InChI is InChI=1S/C13H16N2OS/c1-13(2,16-3)12-15-11(8-17-12)9-6-4-5-7-10(9)14/h4-8H,14H2,1-3H3. The zero-order valence-electron chi connectivity index (χ0n) is 10.2. The van der Waals surface area contributed by atoms with Crippen LogP contribution in [0.3, 0.4) is 0 Å². The fourth-order valence-corrected chi connectivity index (χ4v) is 2.41. The Morgan fingerprint density at radius 1 is 1.29 bits per heavy atom. The lowest BCUT2D eigenvalue weighted by atomic mass is 10.1. The van der Waals surface area contributed by atoms with Gasteiger partial charge in [-0.05, 0) is 19.9 Å². The molecule has 0 saturated carbocycles. The molecule has 17 heavy (non-hydrogen) atoms. The van der Waals surface area contributed by atoms with Crippen LogP contribution in [0.4, 0.5) is 5.69 Å². The molecule has 90 valence electrons. The first-order chi connectivity index (χ1) is 8.04. The number of aromatic nitrogens is 1. The third kappa shape index (κ3) is 2.33. The zero-order chi connectivity index (χ0) is 12.5. The maximum atomic E-state index is 5.94. The summed E-state index contributed by atoms with van der Waals surface area (Å²) in [6.07, 6.45) is 0. The molecule has 0 amide bonds. The van der Waals surface area contributed by atoms with Gasteiger partial charge in [0.15, 0.2) is 0 Å². The van der Waals surface area contributed by atoms with Crippen LogP contribution in [0.5, 0.6) is 0 Å². The Morgan fingerprint density at radius 2 is 2.00 bits per heavy atom. The predicted molar refractivity (Wildman–Crippen MR) is 72.0 cm³/mol. The smallest absolute Gasteiger partial charge is 0.125 e. The number of hydrogen-bond donors (Lipinski definition) is 1. The van der Waals surface area contributed by atoms with Crippen molar-refractivity contribution in [1.29, 1.82) is 0 Å². The summed E-state index contributed by atoms with van der Waals surface area (Å²) in [4.78, 5) is 4.60. The summed E-state index contributed by atoms with van der Waals surface area (Å²) in [7, 11) is 1.69. The van der Waals surface area contributed by atoms with Gasteiger partial charge in [0, 0.05) is 23.7 Å². The number of hydrogen-bond acceptors (Lipinski definition) is 4. The molecule has 1 aromatic heterocycles. The number of nitrogens with two attached hydrogens (primary N) is 1. The van der Waals surface area contributed by atoms with Crippen LogP contribution in [0.15, 0.2) is 29.6 Å². The van der Waals surface area contributed by atoms with Crippen molar-refractivity contribution in [2.24, 2.45) is 0 Å². The zero-order valence-corrected chi connectivity index (χ0v) is 11.0. The largest absolute Gasteiger partial charge is 0.398 e. The van der Waals surface area contributed by atoms with Crippen molar-refractivity contribution in [3.63, 3.8) is 0 Å². The molecule has 0 aliphatic carbocycles. The van der Waals surface area contributed by atoms with E-state index in [1.807, 2.05) is 43.5 Å². The molecule has 4 heteroatoms. The molecule has 0 radical (unpaired) electrons. The van der Waals surface area contributed by atoms with Crippen LogP contribution in [-0.4, -0.2) is 12.1 Å². The van der Waals surface area contributed by atoms with E-state index in [0.29, 0.717) is 0 Å². The Balaban J connectivity index is 2.40. The van der Waals surface area contributed by atoms with Gasteiger partial charge in [0.1, 0.15) is 10.6 Å². The maximum absolute atomic E-state index is 5.94. The van der Waals surface area contributed by atoms with E-state index in [2.05, 4.69) is 4.98 Å². The number of thiazole rings is 1. The first-order valence-electron chi connectivity index (χ1n) is 5.40. The highest BCUT2D eigenvalue weighted by Gasteiger charge is 2.23. The van der Waals surface area contributed by atoms with E-state index in [-0.39, 0.29) is 5.60 Å². The Morgan fingerprint density at radius 3 is 2.65 bits per heavy atom. The van der Waals surface area contributed by atoms with Gasteiger partial charge in [-0.3, -0.25) is 0 Å². The first-order valence-corrected chi connectivity index (χ1v) is 6.28. The summed E-state index contributed by atoms with van der Waals surface area (Å²) in [6.45, 7) is 4.01. The topological polar surface area (TPSA) is 48.1 Å². The molecule has 0 aliphatic rings. The Labute approximate surface area is 105 Å². The number of ether oxygens (including phenoxy) is 1. The number of rotatable bonds is 3. The minimum absolute atomic E-state index is 0.355. The minimum Gasteiger partial charge on any atom is -0.398 e. The second kappa shape index (κ2) is 4.47. The van der Waals surface area contributed by atoms with Crippen molar-refractivity contribution >= 4 is 17.0 Å². The molecular weight excluding hydrogens is 232 g/mol. The average Bonchev–Trinajstić information content (AvgIpc) is 2.79. The number of para-hydroxylation sites is 1. The third-order valence-electron chi connectivity index (χ3n) is 2.77. The van der Waals surface area contributed by atoms with Gasteiger partial charge in [0.25, 0.3) is 0 Å². The lowest BCUT2D eigenvalue weighted by Gasteiger charge is -2.19. The molecule has 1 aromatic carbocycles. The van der Waals surface area contributed by atoms with Gasteiger partial charge < -0.3 is 10.5 Å². The highest BCUT2D eigenvalue weighted by molar-refractivity contribution is 7.10. The maximum Gasteiger partial charge on any atom is 0.125 e. The number of methoxy groups -OCH3 is 1. The second-order valence-corrected chi connectivity index (χ2v) is 5.20. The van der Waals surface area contributed by atoms with Crippen LogP contribution >= 0.6 is 11.3 Å². The van der Waals surface area contributed by atoms with E-state index < -0.39 is 0 Å². The highest BCUT2D eigenvalue weighted by Crippen LogP contribution is 2.32. The molecule has 2 N–H and O–H groups in total. The lowest BCUT2D eigenvalue weighted by Crippen LogP contribution is -2.18. The monoisotopic (exact) mass is 248 g/mol. The molecule has 1 heterocycles. The third-order valence-corrected chi connectivity index (χ3v) is 3.91. The van der Waals surface area contributed by atoms with Gasteiger partial charge in [-0.2, -0.15) is 0 Å². The first kappa shape index (κ1) is 12.1. The van der Waals surface area contributed by atoms with Gasteiger partial charge in [-0.25, -0.2) is 4.98 Å². The van der Waals surface area contributed by atoms with E-state index in [9.17, 15) is 0 Å². The second-order valence-electron chi connectivity index (χ2n) is 4.34. The van der Waals surface area contributed by atoms with Crippen LogP contribution in [-0.2, 0) is 10.3 Å². The van der Waals surface area contributed by atoms with Gasteiger partial charge in [0.2, 0.25) is 0 Å². The van der Waals surface area contributed by atoms with Crippen molar-refractivity contribution in [2.75, 3.05) is 12.8 Å². The van der Waals surface area contributed by atoms with E-state index in [0.717, 1.165) is 22.0 Å². The molecule has 0 atom stereocenters. The van der Waals surface area contributed by atoms with Crippen LogP contribution in [0.1, 0.15) is 18.9 Å². The Kier molecular flexibility index (Phi) is 3.17. The van der Waals surface area contributed by atoms with Gasteiger partial charge >= 0.3 is 0 Å². The molecule has 2 aromatic rings. The summed E-state index contributed by atoms with van der Waals surface area (Å²) < 4.78 is 5.42. The van der Waals surface area contributed by atoms with Crippen molar-refractivity contribution in [3.05, 3.63) is 34.7 Å². The number of anilines is 1. The van der Waals surface area contributed by atoms with Gasteiger partial charge in [0.05, 0.1) is 5.69 Å². The minimum atomic E-state index is -0.355. The Hall–Kier alpha value is -1.39. The average molecular weight is 248 g/mol. The fraction of sp³-hybridized carbons (Fsp3) is 0.308. The highest BCUT2D eigenvalue weighted by atomic mass is 32.1. The molecule has 2 rings (SSSR count). The summed E-state index contributed by atoms with van der Waals surface area (Å²) >= 11 is 1.59. The SMILES string of the molecule is COC(C)(C)c1nc(-c2ccccc2N)cs1. The summed E-state index contributed by atoms with van der Waals surface area (Å²) in [5.74, 6) is 0. The van der Waals surface area contributed by atoms with E-state index in [1.165, 1.54) is 0 Å². The van der Waals surface area contributed by atoms with Crippen molar-refractivity contribution in [2.45, 2.75) is 19.4 Å². The van der Waals surface area contributed by atoms with Crippen LogP contribution in [0.25, 0.3) is 11.3 Å². The molecule has 0 fully saturated rings. The van der Waals surface area contributed by atoms with E-state index >= 15 is 0 Å². The Bertz CT molecular complexity index is 520. The molecule has 0 spiro atoms. The van der Waals surface area contributed by atoms with E-state index in [4.69, 9.17) is 10.5 Å². The van der Waals surface area contributed by atoms with Crippen molar-refractivity contribution in [1.82, 2.24) is 4.98 Å². The summed E-state index contributed by atoms with van der Waals surface area (Å²) in [5, 5.41) is 2.97. The van der Waals surface area contributed by atoms with Crippen LogP contribution in [0, 0.1) is 0 Å². The van der Waals surface area contributed by atoms with E-state index in [1.54, 1.807) is 18.4 Å². The fourth-order valence-electron chi connectivity index (χ4n) is 1.49.